The van der Waals surface area contributed by atoms with Crippen LogP contribution in [-0.4, -0.2) is 23.0 Å². The van der Waals surface area contributed by atoms with E-state index in [1.807, 2.05) is 0 Å². The number of benzene rings is 1. The Morgan fingerprint density at radius 2 is 2.14 bits per heavy atom. The van der Waals surface area contributed by atoms with Crippen LogP contribution < -0.4 is 4.74 Å². The predicted octanol–water partition coefficient (Wildman–Crippen LogP) is 3.61. The topological polar surface area (TPSA) is 61.3 Å². The van der Waals surface area contributed by atoms with E-state index in [0.29, 0.717) is 21.7 Å². The molecule has 1 heterocycles. The zero-order valence-corrected chi connectivity index (χ0v) is 13.8. The van der Waals surface area contributed by atoms with Crippen molar-refractivity contribution in [3.05, 3.63) is 51.6 Å². The smallest absolute Gasteiger partial charge is 0.338 e. The highest BCUT2D eigenvalue weighted by Gasteiger charge is 2.20. The zero-order chi connectivity index (χ0) is 16.3. The van der Waals surface area contributed by atoms with Crippen molar-refractivity contribution in [2.24, 2.45) is 0 Å². The Labute approximate surface area is 135 Å². The molecule has 116 valence electrons. The molecule has 0 saturated heterocycles. The average molecular weight is 369 g/mol. The number of hydrogen-bond donors (Lipinski definition) is 0. The second-order valence-corrected chi connectivity index (χ2v) is 5.38. The Hall–Kier alpha value is -2.02. The molecule has 0 saturated carbocycles. The van der Waals surface area contributed by atoms with Crippen molar-refractivity contribution in [2.75, 3.05) is 7.11 Å². The minimum atomic E-state index is -0.605. The fourth-order valence-corrected chi connectivity index (χ4v) is 2.18. The highest BCUT2D eigenvalue weighted by atomic mass is 79.9. The second-order valence-electron chi connectivity index (χ2n) is 4.57. The Morgan fingerprint density at radius 1 is 1.41 bits per heavy atom. The number of hydrogen-bond acceptors (Lipinski definition) is 5. The van der Waals surface area contributed by atoms with Crippen molar-refractivity contribution in [1.29, 1.82) is 0 Å². The third-order valence-corrected chi connectivity index (χ3v) is 3.41. The van der Waals surface area contributed by atoms with Crippen molar-refractivity contribution >= 4 is 21.9 Å². The van der Waals surface area contributed by atoms with E-state index in [4.69, 9.17) is 9.47 Å². The predicted molar refractivity (Wildman–Crippen MR) is 81.3 cm³/mol. The molecular formula is C15H14BrFN2O3. The van der Waals surface area contributed by atoms with Gasteiger partial charge in [-0.15, -0.1) is 0 Å². The Kier molecular flexibility index (Phi) is 5.07. The summed E-state index contributed by atoms with van der Waals surface area (Å²) < 4.78 is 24.5. The summed E-state index contributed by atoms with van der Waals surface area (Å²) in [5.74, 6) is -0.709. The van der Waals surface area contributed by atoms with Crippen LogP contribution in [0, 0.1) is 12.7 Å². The molecule has 22 heavy (non-hydrogen) atoms. The summed E-state index contributed by atoms with van der Waals surface area (Å²) in [7, 11) is 1.27. The number of rotatable bonds is 4. The highest BCUT2D eigenvalue weighted by molar-refractivity contribution is 9.10. The molecule has 0 aliphatic rings. The molecule has 0 amide bonds. The summed E-state index contributed by atoms with van der Waals surface area (Å²) in [6, 6.07) is 3.82. The van der Waals surface area contributed by atoms with Gasteiger partial charge in [-0.1, -0.05) is 0 Å². The van der Waals surface area contributed by atoms with Crippen LogP contribution in [0.2, 0.25) is 0 Å². The molecule has 0 N–H and O–H groups in total. The molecule has 1 unspecified atom stereocenters. The number of halogens is 2. The second kappa shape index (κ2) is 6.83. The van der Waals surface area contributed by atoms with Crippen molar-refractivity contribution < 1.29 is 18.7 Å². The number of aryl methyl sites for hydroxylation is 1. The summed E-state index contributed by atoms with van der Waals surface area (Å²) in [5, 5.41) is 0. The third-order valence-electron chi connectivity index (χ3n) is 3.03. The first-order chi connectivity index (χ1) is 10.4. The van der Waals surface area contributed by atoms with Gasteiger partial charge in [-0.25, -0.2) is 14.2 Å². The van der Waals surface area contributed by atoms with Gasteiger partial charge in [0, 0.05) is 5.56 Å². The summed E-state index contributed by atoms with van der Waals surface area (Å²) in [5.41, 5.74) is 1.22. The van der Waals surface area contributed by atoms with Crippen LogP contribution in [0.1, 0.15) is 34.6 Å². The number of esters is 1. The molecule has 7 heteroatoms. The lowest BCUT2D eigenvalue weighted by atomic mass is 10.0. The number of carbonyl (C=O) groups excluding carboxylic acids is 1. The first-order valence-electron chi connectivity index (χ1n) is 6.46. The lowest BCUT2D eigenvalue weighted by molar-refractivity contribution is 0.0595. The van der Waals surface area contributed by atoms with Crippen molar-refractivity contribution in [3.63, 3.8) is 0 Å². The van der Waals surface area contributed by atoms with Gasteiger partial charge in [-0.2, -0.15) is 0 Å². The molecule has 1 aromatic heterocycles. The monoisotopic (exact) mass is 368 g/mol. The maximum absolute atomic E-state index is 13.5. The molecule has 1 aromatic carbocycles. The molecule has 0 aliphatic carbocycles. The van der Waals surface area contributed by atoms with E-state index in [-0.39, 0.29) is 5.56 Å². The van der Waals surface area contributed by atoms with E-state index in [9.17, 15) is 9.18 Å². The molecule has 0 radical (unpaired) electrons. The van der Waals surface area contributed by atoms with Gasteiger partial charge in [0.1, 0.15) is 16.5 Å². The van der Waals surface area contributed by atoms with Crippen LogP contribution in [0.4, 0.5) is 4.39 Å². The van der Waals surface area contributed by atoms with Gasteiger partial charge in [-0.3, -0.25) is 4.98 Å². The summed E-state index contributed by atoms with van der Waals surface area (Å²) >= 11 is 3.22. The van der Waals surface area contributed by atoms with Gasteiger partial charge in [-0.05, 0) is 48.0 Å². The van der Waals surface area contributed by atoms with Crippen LogP contribution in [-0.2, 0) is 4.74 Å². The van der Waals surface area contributed by atoms with E-state index >= 15 is 0 Å². The van der Waals surface area contributed by atoms with Crippen molar-refractivity contribution in [2.45, 2.75) is 20.0 Å². The normalized spacial score (nSPS) is 11.9. The number of ether oxygens (including phenoxy) is 2. The minimum Gasteiger partial charge on any atom is -0.468 e. The molecule has 1 atom stereocenters. The number of methoxy groups -OCH3 is 1. The van der Waals surface area contributed by atoms with E-state index in [1.165, 1.54) is 25.3 Å². The summed E-state index contributed by atoms with van der Waals surface area (Å²) in [6.07, 6.45) is 0.946. The SMILES string of the molecule is COC(=O)c1ccc(F)cc1C(C)Oc1nc(Br)cnc1C. The van der Waals surface area contributed by atoms with Crippen LogP contribution in [0.25, 0.3) is 0 Å². The first-order valence-corrected chi connectivity index (χ1v) is 7.25. The van der Waals surface area contributed by atoms with Gasteiger partial charge < -0.3 is 9.47 Å². The maximum atomic E-state index is 13.5. The standard InChI is InChI=1S/C15H14BrFN2O3/c1-8-14(19-13(16)7-18-8)22-9(2)12-6-10(17)4-5-11(12)15(20)21-3/h4-7,9H,1-3H3. The van der Waals surface area contributed by atoms with E-state index in [1.54, 1.807) is 20.0 Å². The first kappa shape index (κ1) is 16.4. The van der Waals surface area contributed by atoms with Gasteiger partial charge in [0.2, 0.25) is 5.88 Å². The van der Waals surface area contributed by atoms with Crippen molar-refractivity contribution in [3.8, 4) is 5.88 Å². The Morgan fingerprint density at radius 3 is 2.82 bits per heavy atom. The zero-order valence-electron chi connectivity index (χ0n) is 12.3. The molecule has 2 aromatic rings. The fraction of sp³-hybridized carbons (Fsp3) is 0.267. The molecule has 0 bridgehead atoms. The maximum Gasteiger partial charge on any atom is 0.338 e. The largest absolute Gasteiger partial charge is 0.468 e. The lowest BCUT2D eigenvalue weighted by Crippen LogP contribution is -2.13. The van der Waals surface area contributed by atoms with E-state index < -0.39 is 17.9 Å². The minimum absolute atomic E-state index is 0.247. The molecule has 0 spiro atoms. The summed E-state index contributed by atoms with van der Waals surface area (Å²) in [4.78, 5) is 20.1. The number of nitrogens with zero attached hydrogens (tertiary/aromatic N) is 2. The Balaban J connectivity index is 2.36. The van der Waals surface area contributed by atoms with Crippen molar-refractivity contribution in [1.82, 2.24) is 9.97 Å². The molecule has 2 rings (SSSR count). The van der Waals surface area contributed by atoms with Gasteiger partial charge in [0.05, 0.1) is 24.6 Å². The van der Waals surface area contributed by atoms with E-state index in [2.05, 4.69) is 25.9 Å². The number of aromatic nitrogens is 2. The van der Waals surface area contributed by atoms with Crippen LogP contribution in [0.3, 0.4) is 0 Å². The third kappa shape index (κ3) is 3.59. The molecule has 0 aliphatic heterocycles. The number of carbonyl (C=O) groups is 1. The fourth-order valence-electron chi connectivity index (χ4n) is 1.92. The average Bonchev–Trinajstić information content (AvgIpc) is 2.50. The van der Waals surface area contributed by atoms with Gasteiger partial charge in [0.15, 0.2) is 0 Å². The van der Waals surface area contributed by atoms with E-state index in [0.717, 1.165) is 0 Å². The van der Waals surface area contributed by atoms with Crippen LogP contribution in [0.5, 0.6) is 5.88 Å². The van der Waals surface area contributed by atoms with Gasteiger partial charge in [0.25, 0.3) is 0 Å². The quantitative estimate of drug-likeness (QED) is 0.771. The highest BCUT2D eigenvalue weighted by Crippen LogP contribution is 2.26. The molecule has 5 nitrogen and oxygen atoms in total. The van der Waals surface area contributed by atoms with Crippen LogP contribution in [0.15, 0.2) is 29.0 Å². The Bertz CT molecular complexity index is 709. The van der Waals surface area contributed by atoms with Gasteiger partial charge >= 0.3 is 5.97 Å². The molecular weight excluding hydrogens is 355 g/mol. The summed E-state index contributed by atoms with van der Waals surface area (Å²) in [6.45, 7) is 3.44. The molecule has 0 fully saturated rings. The van der Waals surface area contributed by atoms with Crippen LogP contribution >= 0.6 is 15.9 Å². The lowest BCUT2D eigenvalue weighted by Gasteiger charge is -2.18.